The zero-order chi connectivity index (χ0) is 18.1. The molecular formula is C19H16N4O3. The number of furan rings is 1. The lowest BCUT2D eigenvalue weighted by molar-refractivity contribution is 0.0494. The summed E-state index contributed by atoms with van der Waals surface area (Å²) in [6.45, 7) is 2.01. The zero-order valence-electron chi connectivity index (χ0n) is 14.0. The minimum Gasteiger partial charge on any atom is -0.460 e. The third-order valence-corrected chi connectivity index (χ3v) is 4.02. The van der Waals surface area contributed by atoms with E-state index in [1.54, 1.807) is 31.6 Å². The predicted octanol–water partition coefficient (Wildman–Crippen LogP) is 3.88. The van der Waals surface area contributed by atoms with E-state index in [2.05, 4.69) is 15.3 Å². The van der Waals surface area contributed by atoms with Crippen molar-refractivity contribution in [1.82, 2.24) is 9.97 Å². The third-order valence-electron chi connectivity index (χ3n) is 4.02. The third kappa shape index (κ3) is 2.69. The number of fused-ring (bicyclic) bond motifs is 2. The summed E-state index contributed by atoms with van der Waals surface area (Å²) in [6, 6.07) is 9.35. The van der Waals surface area contributed by atoms with Crippen LogP contribution in [0.5, 0.6) is 0 Å². The Bertz CT molecular complexity index is 1120. The van der Waals surface area contributed by atoms with Crippen molar-refractivity contribution < 1.29 is 13.9 Å². The van der Waals surface area contributed by atoms with E-state index in [-0.39, 0.29) is 12.4 Å². The van der Waals surface area contributed by atoms with E-state index in [9.17, 15) is 4.79 Å². The summed E-state index contributed by atoms with van der Waals surface area (Å²) in [5.41, 5.74) is 7.74. The maximum absolute atomic E-state index is 12.3. The molecule has 26 heavy (non-hydrogen) atoms. The Morgan fingerprint density at radius 2 is 2.12 bits per heavy atom. The predicted molar refractivity (Wildman–Crippen MR) is 99.4 cm³/mol. The molecule has 0 aliphatic heterocycles. The van der Waals surface area contributed by atoms with Crippen molar-refractivity contribution in [3.05, 3.63) is 54.7 Å². The Labute approximate surface area is 148 Å². The molecule has 130 valence electrons. The van der Waals surface area contributed by atoms with Gasteiger partial charge in [0.25, 0.3) is 0 Å². The number of carbonyl (C=O) groups excluding carboxylic acids is 1. The van der Waals surface area contributed by atoms with Gasteiger partial charge >= 0.3 is 5.97 Å². The van der Waals surface area contributed by atoms with Crippen molar-refractivity contribution >= 4 is 44.9 Å². The van der Waals surface area contributed by atoms with Crippen LogP contribution in [-0.2, 0) is 4.74 Å². The fourth-order valence-electron chi connectivity index (χ4n) is 2.84. The molecular weight excluding hydrogens is 332 g/mol. The number of rotatable bonds is 4. The topological polar surface area (TPSA) is 103 Å². The number of nitrogen functional groups attached to an aromatic ring is 1. The highest BCUT2D eigenvalue weighted by Gasteiger charge is 2.22. The Kier molecular flexibility index (Phi) is 3.89. The Hall–Kier alpha value is -3.61. The number of esters is 1. The van der Waals surface area contributed by atoms with E-state index in [1.807, 2.05) is 24.3 Å². The summed E-state index contributed by atoms with van der Waals surface area (Å²) >= 11 is 0. The van der Waals surface area contributed by atoms with Gasteiger partial charge in [-0.25, -0.2) is 9.78 Å². The van der Waals surface area contributed by atoms with E-state index in [0.29, 0.717) is 17.1 Å². The number of ether oxygens (including phenoxy) is 1. The highest BCUT2D eigenvalue weighted by atomic mass is 16.5. The van der Waals surface area contributed by atoms with Crippen LogP contribution < -0.4 is 11.1 Å². The van der Waals surface area contributed by atoms with Gasteiger partial charge in [-0.2, -0.15) is 0 Å². The van der Waals surface area contributed by atoms with Crippen LogP contribution in [0.4, 0.5) is 17.2 Å². The van der Waals surface area contributed by atoms with Crippen LogP contribution >= 0.6 is 0 Å². The number of pyridine rings is 2. The molecule has 0 radical (unpaired) electrons. The number of nitrogens with one attached hydrogen (secondary N) is 1. The fourth-order valence-corrected chi connectivity index (χ4v) is 2.84. The molecule has 0 amide bonds. The Morgan fingerprint density at radius 3 is 2.96 bits per heavy atom. The molecule has 4 aromatic rings. The molecule has 3 N–H and O–H groups in total. The average molecular weight is 348 g/mol. The number of carbonyl (C=O) groups is 1. The average Bonchev–Trinajstić information content (AvgIpc) is 3.01. The van der Waals surface area contributed by atoms with Gasteiger partial charge in [0.15, 0.2) is 5.58 Å². The van der Waals surface area contributed by atoms with Crippen LogP contribution in [0.3, 0.4) is 0 Å². The minimum atomic E-state index is -0.527. The molecule has 0 atom stereocenters. The van der Waals surface area contributed by atoms with Gasteiger partial charge in [0, 0.05) is 28.9 Å². The first kappa shape index (κ1) is 15.9. The number of nitrogens with zero attached hydrogens (tertiary/aromatic N) is 2. The lowest BCUT2D eigenvalue weighted by Crippen LogP contribution is -2.06. The second kappa shape index (κ2) is 6.36. The highest BCUT2D eigenvalue weighted by molar-refractivity contribution is 6.05. The molecule has 0 saturated heterocycles. The van der Waals surface area contributed by atoms with Crippen LogP contribution in [0.15, 0.2) is 53.3 Å². The lowest BCUT2D eigenvalue weighted by atomic mass is 10.1. The maximum atomic E-state index is 12.3. The minimum absolute atomic E-state index is 0.115. The fraction of sp³-hybridized carbons (Fsp3) is 0.105. The second-order valence-corrected chi connectivity index (χ2v) is 5.66. The Morgan fingerprint density at radius 1 is 1.23 bits per heavy atom. The first-order valence-corrected chi connectivity index (χ1v) is 8.12. The second-order valence-electron chi connectivity index (χ2n) is 5.66. The van der Waals surface area contributed by atoms with Crippen molar-refractivity contribution in [2.24, 2.45) is 0 Å². The molecule has 3 aromatic heterocycles. The molecule has 0 saturated carbocycles. The standard InChI is InChI=1S/C19H16N4O3/c1-2-25-19(24)17-16(14-6-7-21-10-15(14)26-17)23-12-3-4-13-11(9-12)5-8-22-18(13)20/h3-10,23H,2H2,1H3,(H2,20,22). The molecule has 4 rings (SSSR count). The number of aromatic nitrogens is 2. The van der Waals surface area contributed by atoms with Gasteiger partial charge in [0.1, 0.15) is 11.5 Å². The zero-order valence-corrected chi connectivity index (χ0v) is 14.0. The van der Waals surface area contributed by atoms with E-state index in [0.717, 1.165) is 21.8 Å². The summed E-state index contributed by atoms with van der Waals surface area (Å²) in [7, 11) is 0. The van der Waals surface area contributed by atoms with Crippen molar-refractivity contribution in [2.45, 2.75) is 6.92 Å². The van der Waals surface area contributed by atoms with Gasteiger partial charge in [-0.15, -0.1) is 0 Å². The summed E-state index contributed by atoms with van der Waals surface area (Å²) in [5, 5.41) is 5.82. The Balaban J connectivity index is 1.81. The van der Waals surface area contributed by atoms with Crippen molar-refractivity contribution in [2.75, 3.05) is 17.7 Å². The normalized spacial score (nSPS) is 11.0. The van der Waals surface area contributed by atoms with Crippen molar-refractivity contribution in [3.8, 4) is 0 Å². The summed E-state index contributed by atoms with van der Waals surface area (Å²) in [5.74, 6) is 0.0609. The monoisotopic (exact) mass is 348 g/mol. The van der Waals surface area contributed by atoms with Crippen LogP contribution in [0.2, 0.25) is 0 Å². The van der Waals surface area contributed by atoms with Gasteiger partial charge in [0.2, 0.25) is 5.76 Å². The molecule has 0 aliphatic rings. The van der Waals surface area contributed by atoms with E-state index >= 15 is 0 Å². The maximum Gasteiger partial charge on any atom is 0.376 e. The molecule has 0 fully saturated rings. The molecule has 0 aliphatic carbocycles. The van der Waals surface area contributed by atoms with Crippen LogP contribution in [0, 0.1) is 0 Å². The van der Waals surface area contributed by atoms with Crippen molar-refractivity contribution in [3.63, 3.8) is 0 Å². The summed E-state index contributed by atoms with van der Waals surface area (Å²) < 4.78 is 10.8. The summed E-state index contributed by atoms with van der Waals surface area (Å²) in [4.78, 5) is 20.4. The van der Waals surface area contributed by atoms with Gasteiger partial charge in [0.05, 0.1) is 12.8 Å². The van der Waals surface area contributed by atoms with Crippen LogP contribution in [0.25, 0.3) is 21.7 Å². The number of hydrogen-bond donors (Lipinski definition) is 2. The number of nitrogens with two attached hydrogens (primary N) is 1. The molecule has 0 unspecified atom stereocenters. The van der Waals surface area contributed by atoms with E-state index < -0.39 is 5.97 Å². The number of anilines is 3. The largest absolute Gasteiger partial charge is 0.460 e. The van der Waals surface area contributed by atoms with Crippen LogP contribution in [0.1, 0.15) is 17.5 Å². The SMILES string of the molecule is CCOC(=O)c1oc2cnccc2c1Nc1ccc2c(N)nccc2c1. The van der Waals surface area contributed by atoms with Gasteiger partial charge in [-0.05, 0) is 42.6 Å². The molecule has 0 bridgehead atoms. The molecule has 1 aromatic carbocycles. The first-order chi connectivity index (χ1) is 12.7. The van der Waals surface area contributed by atoms with Gasteiger partial charge in [-0.1, -0.05) is 0 Å². The quantitative estimate of drug-likeness (QED) is 0.539. The van der Waals surface area contributed by atoms with E-state index in [4.69, 9.17) is 14.9 Å². The van der Waals surface area contributed by atoms with E-state index in [1.165, 1.54) is 0 Å². The smallest absolute Gasteiger partial charge is 0.376 e. The molecule has 7 nitrogen and oxygen atoms in total. The van der Waals surface area contributed by atoms with Gasteiger partial charge < -0.3 is 20.2 Å². The van der Waals surface area contributed by atoms with Crippen LogP contribution in [-0.4, -0.2) is 22.5 Å². The highest BCUT2D eigenvalue weighted by Crippen LogP contribution is 2.34. The van der Waals surface area contributed by atoms with Gasteiger partial charge in [-0.3, -0.25) is 4.98 Å². The molecule has 7 heteroatoms. The van der Waals surface area contributed by atoms with Crippen molar-refractivity contribution in [1.29, 1.82) is 0 Å². The molecule has 0 spiro atoms. The number of benzene rings is 1. The molecule has 3 heterocycles. The number of hydrogen-bond acceptors (Lipinski definition) is 7. The lowest BCUT2D eigenvalue weighted by Gasteiger charge is -2.09. The first-order valence-electron chi connectivity index (χ1n) is 8.12. The summed E-state index contributed by atoms with van der Waals surface area (Å²) in [6.07, 6.45) is 4.87.